The predicted molar refractivity (Wildman–Crippen MR) is 107 cm³/mol. The van der Waals surface area contributed by atoms with Crippen LogP contribution in [0.25, 0.3) is 0 Å². The Hall–Kier alpha value is -3.18. The van der Waals surface area contributed by atoms with Gasteiger partial charge >= 0.3 is 5.97 Å². The first-order valence-electron chi connectivity index (χ1n) is 8.52. The van der Waals surface area contributed by atoms with E-state index in [1.165, 1.54) is 18.4 Å². The molecule has 0 aromatic carbocycles. The first-order valence-corrected chi connectivity index (χ1v) is 9.34. The molecular formula is C17H20N8O2S. The maximum Gasteiger partial charge on any atom is 0.348 e. The van der Waals surface area contributed by atoms with Crippen LogP contribution in [0.15, 0.2) is 24.7 Å². The van der Waals surface area contributed by atoms with Crippen LogP contribution in [0, 0.1) is 6.92 Å². The molecule has 10 nitrogen and oxygen atoms in total. The minimum atomic E-state index is -0.340. The van der Waals surface area contributed by atoms with E-state index in [0.29, 0.717) is 10.8 Å². The van der Waals surface area contributed by atoms with E-state index >= 15 is 0 Å². The maximum atomic E-state index is 11.8. The molecule has 0 saturated heterocycles. The fourth-order valence-electron chi connectivity index (χ4n) is 2.92. The Bertz CT molecular complexity index is 1030. The molecule has 3 aromatic rings. The number of anilines is 4. The molecule has 0 radical (unpaired) electrons. The zero-order valence-corrected chi connectivity index (χ0v) is 16.7. The van der Waals surface area contributed by atoms with Crippen LogP contribution in [0.5, 0.6) is 0 Å². The van der Waals surface area contributed by atoms with Crippen molar-refractivity contribution in [3.63, 3.8) is 0 Å². The fraction of sp³-hybridized carbons (Fsp3) is 0.294. The summed E-state index contributed by atoms with van der Waals surface area (Å²) in [6.07, 6.45) is 5.12. The largest absolute Gasteiger partial charge is 0.465 e. The van der Waals surface area contributed by atoms with Gasteiger partial charge in [0.2, 0.25) is 5.95 Å². The number of carbonyl (C=O) groups is 1. The van der Waals surface area contributed by atoms with Crippen molar-refractivity contribution in [1.82, 2.24) is 25.2 Å². The van der Waals surface area contributed by atoms with Gasteiger partial charge in [0.05, 0.1) is 29.6 Å². The van der Waals surface area contributed by atoms with Crippen molar-refractivity contribution < 1.29 is 9.53 Å². The second-order valence-electron chi connectivity index (χ2n) is 6.38. The number of aryl methyl sites for hydroxylation is 2. The number of hydrogen-bond acceptors (Lipinski definition) is 10. The molecule has 0 amide bonds. The molecule has 0 aliphatic carbocycles. The SMILES string of the molecule is COC(=O)c1cc(C)c(NC2NN(C)c3nc(Nc4cnn(C)c4)ncc32)s1. The van der Waals surface area contributed by atoms with Crippen LogP contribution in [0.4, 0.5) is 22.5 Å². The summed E-state index contributed by atoms with van der Waals surface area (Å²) in [5.41, 5.74) is 6.00. The smallest absolute Gasteiger partial charge is 0.348 e. The molecule has 1 aliphatic rings. The van der Waals surface area contributed by atoms with Crippen molar-refractivity contribution in [1.29, 1.82) is 0 Å². The van der Waals surface area contributed by atoms with Crippen LogP contribution < -0.4 is 21.1 Å². The fourth-order valence-corrected chi connectivity index (χ4v) is 3.94. The molecule has 1 aliphatic heterocycles. The first-order chi connectivity index (χ1) is 13.4. The van der Waals surface area contributed by atoms with E-state index in [0.717, 1.165) is 27.6 Å². The average Bonchev–Trinajstić information content (AvgIpc) is 3.34. The number of rotatable bonds is 5. The Labute approximate surface area is 165 Å². The van der Waals surface area contributed by atoms with Gasteiger partial charge in [0.1, 0.15) is 11.0 Å². The van der Waals surface area contributed by atoms with Gasteiger partial charge in [-0.1, -0.05) is 0 Å². The van der Waals surface area contributed by atoms with Crippen LogP contribution in [-0.4, -0.2) is 39.9 Å². The monoisotopic (exact) mass is 400 g/mol. The minimum absolute atomic E-state index is 0.213. The van der Waals surface area contributed by atoms with E-state index in [-0.39, 0.29) is 12.1 Å². The summed E-state index contributed by atoms with van der Waals surface area (Å²) < 4.78 is 6.50. The number of nitrogens with zero attached hydrogens (tertiary/aromatic N) is 5. The minimum Gasteiger partial charge on any atom is -0.465 e. The van der Waals surface area contributed by atoms with Crippen molar-refractivity contribution in [3.8, 4) is 0 Å². The molecule has 1 unspecified atom stereocenters. The number of hydrogen-bond donors (Lipinski definition) is 3. The lowest BCUT2D eigenvalue weighted by Crippen LogP contribution is -2.33. The molecule has 1 atom stereocenters. The van der Waals surface area contributed by atoms with Crippen LogP contribution in [0.3, 0.4) is 0 Å². The number of ether oxygens (including phenoxy) is 1. The lowest BCUT2D eigenvalue weighted by molar-refractivity contribution is 0.0606. The number of fused-ring (bicyclic) bond motifs is 1. The standard InChI is InChI=1S/C17H20N8O2S/c1-9-5-12(16(26)27-4)28-15(9)21-13-11-7-18-17(22-14(11)25(3)23-13)20-10-6-19-24(2)8-10/h5-8,13,21,23H,1-4H3,(H,18,20,22). The van der Waals surface area contributed by atoms with Crippen LogP contribution in [0.2, 0.25) is 0 Å². The Balaban J connectivity index is 1.55. The second kappa shape index (κ2) is 7.09. The van der Waals surface area contributed by atoms with Gasteiger partial charge in [-0.25, -0.2) is 15.2 Å². The molecular weight excluding hydrogens is 380 g/mol. The molecule has 3 N–H and O–H groups in total. The van der Waals surface area contributed by atoms with E-state index in [1.54, 1.807) is 17.1 Å². The molecule has 28 heavy (non-hydrogen) atoms. The van der Waals surface area contributed by atoms with E-state index in [2.05, 4.69) is 31.1 Å². The molecule has 11 heteroatoms. The third-order valence-electron chi connectivity index (χ3n) is 4.29. The van der Waals surface area contributed by atoms with E-state index in [9.17, 15) is 4.79 Å². The van der Waals surface area contributed by atoms with E-state index in [4.69, 9.17) is 4.74 Å². The first kappa shape index (κ1) is 18.2. The van der Waals surface area contributed by atoms with Gasteiger partial charge in [0.25, 0.3) is 0 Å². The Morgan fingerprint density at radius 1 is 1.36 bits per heavy atom. The zero-order chi connectivity index (χ0) is 19.8. The number of hydrazine groups is 1. The summed E-state index contributed by atoms with van der Waals surface area (Å²) >= 11 is 1.36. The molecule has 0 spiro atoms. The van der Waals surface area contributed by atoms with Gasteiger partial charge in [0.15, 0.2) is 5.82 Å². The highest BCUT2D eigenvalue weighted by Gasteiger charge is 2.29. The molecule has 0 fully saturated rings. The molecule has 146 valence electrons. The average molecular weight is 400 g/mol. The lowest BCUT2D eigenvalue weighted by Gasteiger charge is -2.16. The maximum absolute atomic E-state index is 11.8. The predicted octanol–water partition coefficient (Wildman–Crippen LogP) is 2.18. The molecule has 3 aromatic heterocycles. The van der Waals surface area contributed by atoms with Gasteiger partial charge in [-0.05, 0) is 18.6 Å². The van der Waals surface area contributed by atoms with Gasteiger partial charge in [-0.15, -0.1) is 11.3 Å². The van der Waals surface area contributed by atoms with Crippen molar-refractivity contribution in [3.05, 3.63) is 40.7 Å². The second-order valence-corrected chi connectivity index (χ2v) is 7.43. The highest BCUT2D eigenvalue weighted by molar-refractivity contribution is 7.18. The van der Waals surface area contributed by atoms with Gasteiger partial charge in [0, 0.05) is 26.5 Å². The highest BCUT2D eigenvalue weighted by atomic mass is 32.1. The summed E-state index contributed by atoms with van der Waals surface area (Å²) in [6, 6.07) is 1.82. The molecule has 4 rings (SSSR count). The normalized spacial score (nSPS) is 15.4. The third kappa shape index (κ3) is 3.37. The zero-order valence-electron chi connectivity index (χ0n) is 15.8. The Morgan fingerprint density at radius 2 is 2.18 bits per heavy atom. The van der Waals surface area contributed by atoms with Crippen molar-refractivity contribution >= 4 is 39.8 Å². The van der Waals surface area contributed by atoms with Crippen LogP contribution in [-0.2, 0) is 11.8 Å². The van der Waals surface area contributed by atoms with E-state index in [1.807, 2.05) is 38.3 Å². The van der Waals surface area contributed by atoms with Crippen molar-refractivity contribution in [2.45, 2.75) is 13.1 Å². The number of aromatic nitrogens is 4. The van der Waals surface area contributed by atoms with Gasteiger partial charge < -0.3 is 15.4 Å². The molecule has 0 saturated carbocycles. The summed E-state index contributed by atoms with van der Waals surface area (Å²) in [6.45, 7) is 1.95. The topological polar surface area (TPSA) is 109 Å². The summed E-state index contributed by atoms with van der Waals surface area (Å²) in [5.74, 6) is 0.912. The van der Waals surface area contributed by atoms with Gasteiger partial charge in [-0.3, -0.25) is 9.69 Å². The van der Waals surface area contributed by atoms with Crippen LogP contribution in [0.1, 0.15) is 27.0 Å². The molecule has 4 heterocycles. The Kier molecular flexibility index (Phi) is 4.61. The highest BCUT2D eigenvalue weighted by Crippen LogP contribution is 2.35. The Morgan fingerprint density at radius 3 is 2.89 bits per heavy atom. The van der Waals surface area contributed by atoms with Crippen molar-refractivity contribution in [2.24, 2.45) is 7.05 Å². The number of esters is 1. The third-order valence-corrected chi connectivity index (χ3v) is 5.44. The number of methoxy groups -OCH3 is 1. The lowest BCUT2D eigenvalue weighted by atomic mass is 10.2. The van der Waals surface area contributed by atoms with E-state index < -0.39 is 0 Å². The number of nitrogens with one attached hydrogen (secondary N) is 3. The summed E-state index contributed by atoms with van der Waals surface area (Å²) in [7, 11) is 5.12. The van der Waals surface area contributed by atoms with Crippen LogP contribution >= 0.6 is 11.3 Å². The van der Waals surface area contributed by atoms with Crippen molar-refractivity contribution in [2.75, 3.05) is 29.8 Å². The summed E-state index contributed by atoms with van der Waals surface area (Å²) in [4.78, 5) is 21.3. The molecule has 0 bridgehead atoms. The van der Waals surface area contributed by atoms with Gasteiger partial charge in [-0.2, -0.15) is 10.1 Å². The summed E-state index contributed by atoms with van der Waals surface area (Å²) in [5, 5.41) is 13.4. The number of thiophene rings is 1. The quantitative estimate of drug-likeness (QED) is 0.555. The number of carbonyl (C=O) groups excluding carboxylic acids is 1.